The maximum Gasteiger partial charge on any atom is 0.410 e. The van der Waals surface area contributed by atoms with Crippen molar-refractivity contribution in [3.63, 3.8) is 0 Å². The number of hydrogen-bond donors (Lipinski definition) is 4. The molecule has 1 aliphatic heterocycles. The van der Waals surface area contributed by atoms with Crippen molar-refractivity contribution in [3.05, 3.63) is 108 Å². The molecule has 7 heterocycles. The zero-order chi connectivity index (χ0) is 44.1. The van der Waals surface area contributed by atoms with Gasteiger partial charge in [-0.3, -0.25) is 15.1 Å². The summed E-state index contributed by atoms with van der Waals surface area (Å²) in [6.45, 7) is 17.4. The number of amides is 1. The van der Waals surface area contributed by atoms with Gasteiger partial charge in [-0.25, -0.2) is 19.4 Å². The van der Waals surface area contributed by atoms with E-state index in [1.54, 1.807) is 23.5 Å². The Balaban J connectivity index is 0.000000188. The molecule has 0 aliphatic carbocycles. The molecule has 63 heavy (non-hydrogen) atoms. The van der Waals surface area contributed by atoms with Crippen LogP contribution < -0.4 is 5.32 Å². The maximum atomic E-state index is 12.7. The lowest BCUT2D eigenvalue weighted by Crippen LogP contribution is -2.36. The molecule has 326 valence electrons. The van der Waals surface area contributed by atoms with Gasteiger partial charge in [-0.1, -0.05) is 19.1 Å². The molecule has 8 aromatic rings. The summed E-state index contributed by atoms with van der Waals surface area (Å²) < 4.78 is 13.7. The van der Waals surface area contributed by atoms with Gasteiger partial charge in [0.25, 0.3) is 0 Å². The van der Waals surface area contributed by atoms with Crippen LogP contribution in [0.2, 0.25) is 0 Å². The number of nitrogens with one attached hydrogen (secondary N) is 4. The first-order chi connectivity index (χ1) is 30.5. The molecule has 1 fully saturated rings. The van der Waals surface area contributed by atoms with Crippen LogP contribution in [0.4, 0.5) is 4.79 Å². The number of benzene rings is 2. The van der Waals surface area contributed by atoms with Crippen LogP contribution in [0.3, 0.4) is 0 Å². The second-order valence-electron chi connectivity index (χ2n) is 16.8. The number of imidazole rings is 2. The highest BCUT2D eigenvalue weighted by molar-refractivity contribution is 5.96. The number of rotatable bonds is 11. The topological polar surface area (TPSA) is 180 Å². The van der Waals surface area contributed by atoms with Crippen molar-refractivity contribution < 1.29 is 14.3 Å². The van der Waals surface area contributed by atoms with E-state index >= 15 is 0 Å². The normalized spacial score (nSPS) is 14.2. The Kier molecular flexibility index (Phi) is 12.8. The van der Waals surface area contributed by atoms with Crippen LogP contribution in [0.5, 0.6) is 0 Å². The van der Waals surface area contributed by atoms with Crippen LogP contribution in [-0.2, 0) is 22.6 Å². The van der Waals surface area contributed by atoms with Gasteiger partial charge in [0, 0.05) is 91.2 Å². The van der Waals surface area contributed by atoms with Gasteiger partial charge >= 0.3 is 6.09 Å². The third-order valence-corrected chi connectivity index (χ3v) is 11.4. The van der Waals surface area contributed by atoms with Crippen molar-refractivity contribution >= 4 is 27.9 Å². The first-order valence-corrected chi connectivity index (χ1v) is 21.7. The minimum absolute atomic E-state index is 0.0829. The summed E-state index contributed by atoms with van der Waals surface area (Å²) in [5.74, 6) is 1.49. The van der Waals surface area contributed by atoms with Gasteiger partial charge in [-0.05, 0) is 125 Å². The highest BCUT2D eigenvalue weighted by atomic mass is 16.6. The number of carbonyl (C=O) groups is 1. The molecule has 6 aromatic heterocycles. The van der Waals surface area contributed by atoms with Crippen LogP contribution in [-0.4, -0.2) is 86.2 Å². The fraction of sp³-hybridized carbons (Fsp3) is 0.354. The Labute approximate surface area is 367 Å². The summed E-state index contributed by atoms with van der Waals surface area (Å²) in [4.78, 5) is 38.5. The Morgan fingerprint density at radius 2 is 1.54 bits per heavy atom. The van der Waals surface area contributed by atoms with Crippen molar-refractivity contribution in [2.24, 2.45) is 0 Å². The number of aromatic nitrogens is 10. The molecule has 9 rings (SSSR count). The molecule has 0 saturated carbocycles. The second-order valence-corrected chi connectivity index (χ2v) is 16.8. The highest BCUT2D eigenvalue weighted by Crippen LogP contribution is 2.36. The minimum atomic E-state index is -0.548. The van der Waals surface area contributed by atoms with E-state index in [-0.39, 0.29) is 12.3 Å². The third kappa shape index (κ3) is 9.39. The zero-order valence-electron chi connectivity index (χ0n) is 37.1. The summed E-state index contributed by atoms with van der Waals surface area (Å²) in [6, 6.07) is 12.7. The van der Waals surface area contributed by atoms with Gasteiger partial charge in [0.05, 0.1) is 17.6 Å². The summed E-state index contributed by atoms with van der Waals surface area (Å²) in [5, 5.41) is 17.9. The third-order valence-electron chi connectivity index (χ3n) is 11.4. The zero-order valence-corrected chi connectivity index (χ0v) is 37.1. The predicted octanol–water partition coefficient (Wildman–Crippen LogP) is 9.69. The number of H-pyrrole nitrogens is 3. The molecule has 1 amide bonds. The van der Waals surface area contributed by atoms with Crippen molar-refractivity contribution in [1.29, 1.82) is 0 Å². The van der Waals surface area contributed by atoms with E-state index < -0.39 is 5.60 Å². The van der Waals surface area contributed by atoms with Crippen molar-refractivity contribution in [2.75, 3.05) is 19.7 Å². The Hall–Kier alpha value is -6.71. The summed E-state index contributed by atoms with van der Waals surface area (Å²) in [5.41, 5.74) is 11.9. The average molecular weight is 849 g/mol. The molecule has 1 saturated heterocycles. The van der Waals surface area contributed by atoms with Crippen molar-refractivity contribution in [1.82, 2.24) is 60.1 Å². The first-order valence-electron chi connectivity index (χ1n) is 21.7. The minimum Gasteiger partial charge on any atom is -0.444 e. The highest BCUT2D eigenvalue weighted by Gasteiger charge is 2.25. The number of hydrogen-bond acceptors (Lipinski definition) is 10. The SMILES string of the molecule is CCN(Cc1cncc(-c2ccc3c(c2)c(-c2ncc[nH]2)nn3C2CCCCO2)c1C)C(=O)OC(C)(C)C.CCNCc1cncc(-c2ccc3[nH]nc(-c4ncc[nH]4)c3c2)c1C. The van der Waals surface area contributed by atoms with Crippen LogP contribution in [0.25, 0.3) is 67.1 Å². The largest absolute Gasteiger partial charge is 0.444 e. The Morgan fingerprint density at radius 3 is 2.17 bits per heavy atom. The summed E-state index contributed by atoms with van der Waals surface area (Å²) in [6.07, 6.45) is 17.4. The molecular weight excluding hydrogens is 793 g/mol. The lowest BCUT2D eigenvalue weighted by atomic mass is 9.97. The van der Waals surface area contributed by atoms with Gasteiger partial charge in [-0.2, -0.15) is 10.2 Å². The van der Waals surface area contributed by atoms with Gasteiger partial charge < -0.3 is 29.7 Å². The molecule has 1 atom stereocenters. The Morgan fingerprint density at radius 1 is 0.873 bits per heavy atom. The van der Waals surface area contributed by atoms with Gasteiger partial charge in [0.15, 0.2) is 17.9 Å². The number of nitrogens with zero attached hydrogens (tertiary/aromatic N) is 8. The van der Waals surface area contributed by atoms with E-state index in [0.717, 1.165) is 117 Å². The van der Waals surface area contributed by atoms with E-state index in [1.807, 2.05) is 63.4 Å². The molecule has 0 spiro atoms. The van der Waals surface area contributed by atoms with Crippen molar-refractivity contribution in [2.45, 2.75) is 92.6 Å². The molecule has 0 bridgehead atoms. The number of fused-ring (bicyclic) bond motifs is 2. The fourth-order valence-electron chi connectivity index (χ4n) is 7.92. The van der Waals surface area contributed by atoms with E-state index in [2.05, 4.69) is 103 Å². The number of pyridine rings is 2. The van der Waals surface area contributed by atoms with E-state index in [0.29, 0.717) is 13.1 Å². The molecule has 15 nitrogen and oxygen atoms in total. The van der Waals surface area contributed by atoms with Crippen molar-refractivity contribution in [3.8, 4) is 45.3 Å². The van der Waals surface area contributed by atoms with E-state index in [1.165, 1.54) is 11.1 Å². The molecule has 0 radical (unpaired) electrons. The Bertz CT molecular complexity index is 2800. The second kappa shape index (κ2) is 18.7. The number of aromatic amines is 3. The summed E-state index contributed by atoms with van der Waals surface area (Å²) in [7, 11) is 0. The molecule has 15 heteroatoms. The van der Waals surface area contributed by atoms with Crippen LogP contribution in [0.1, 0.15) is 82.4 Å². The first kappa shape index (κ1) is 43.0. The van der Waals surface area contributed by atoms with Crippen LogP contribution in [0, 0.1) is 13.8 Å². The van der Waals surface area contributed by atoms with E-state index in [4.69, 9.17) is 14.6 Å². The standard InChI is InChI=1S/C29H36N6O3.C19H20N6/c1-6-34(28(36)38-29(3,4)5)18-21-16-30-17-23(19(21)2)20-10-11-24-22(15-20)26(27-31-12-13-32-27)33-35(24)25-9-7-8-14-37-25;1-3-20-9-14-10-21-11-16(12(14)2)13-4-5-17-15(8-13)18(25-24-17)19-22-6-7-23-19/h10-13,15-17,25H,6-9,14,18H2,1-5H3,(H,31,32);4-8,10-11,20H,3,9H2,1-2H3,(H,22,23)(H,24,25). The van der Waals surface area contributed by atoms with Gasteiger partial charge in [-0.15, -0.1) is 0 Å². The van der Waals surface area contributed by atoms with E-state index in [9.17, 15) is 4.79 Å². The van der Waals surface area contributed by atoms with Gasteiger partial charge in [0.1, 0.15) is 17.0 Å². The maximum absolute atomic E-state index is 12.7. The monoisotopic (exact) mass is 848 g/mol. The quantitative estimate of drug-likeness (QED) is 0.0979. The smallest absolute Gasteiger partial charge is 0.410 e. The lowest BCUT2D eigenvalue weighted by Gasteiger charge is -2.27. The lowest BCUT2D eigenvalue weighted by molar-refractivity contribution is -0.0365. The summed E-state index contributed by atoms with van der Waals surface area (Å²) >= 11 is 0. The molecule has 1 unspecified atom stereocenters. The number of carbonyl (C=O) groups excluding carboxylic acids is 1. The van der Waals surface area contributed by atoms with Crippen LogP contribution >= 0.6 is 0 Å². The molecule has 1 aliphatic rings. The van der Waals surface area contributed by atoms with Gasteiger partial charge in [0.2, 0.25) is 0 Å². The fourth-order valence-corrected chi connectivity index (χ4v) is 7.92. The molecule has 4 N–H and O–H groups in total. The predicted molar refractivity (Wildman–Crippen MR) is 245 cm³/mol. The average Bonchev–Trinajstić information content (AvgIpc) is 4.13. The molecule has 2 aromatic carbocycles. The number of ether oxygens (including phenoxy) is 2. The van der Waals surface area contributed by atoms with Crippen LogP contribution in [0.15, 0.2) is 86.0 Å². The molecular formula is C48H56N12O3.